The second kappa shape index (κ2) is 7.89. The number of esters is 1. The summed E-state index contributed by atoms with van der Waals surface area (Å²) in [7, 11) is 2.88. The fourth-order valence-electron chi connectivity index (χ4n) is 2.12. The van der Waals surface area contributed by atoms with E-state index in [1.165, 1.54) is 26.4 Å². The molecule has 2 rings (SSSR count). The monoisotopic (exact) mass is 368 g/mol. The number of rotatable bonds is 6. The molecule has 2 aromatic rings. The first-order valence-electron chi connectivity index (χ1n) is 7.18. The molecule has 9 heteroatoms. The van der Waals surface area contributed by atoms with E-state index in [0.29, 0.717) is 33.7 Å². The third kappa shape index (κ3) is 4.21. The Morgan fingerprint density at radius 1 is 1.20 bits per heavy atom. The zero-order chi connectivity index (χ0) is 18.6. The number of hydrogen-bond acceptors (Lipinski definition) is 7. The Bertz CT molecular complexity index is 783. The van der Waals surface area contributed by atoms with Crippen LogP contribution in [0.4, 0.5) is 5.69 Å². The van der Waals surface area contributed by atoms with Crippen molar-refractivity contribution in [3.63, 3.8) is 0 Å². The predicted molar refractivity (Wildman–Crippen MR) is 89.4 cm³/mol. The number of benzene rings is 1. The molecule has 0 fully saturated rings. The van der Waals surface area contributed by atoms with Crippen LogP contribution in [-0.4, -0.2) is 37.9 Å². The summed E-state index contributed by atoms with van der Waals surface area (Å²) in [6.07, 6.45) is 0. The molecule has 1 N–H and O–H groups in total. The van der Waals surface area contributed by atoms with Crippen molar-refractivity contribution < 1.29 is 28.3 Å². The molecule has 0 bridgehead atoms. The molecule has 0 atom stereocenters. The van der Waals surface area contributed by atoms with E-state index in [9.17, 15) is 9.59 Å². The number of ether oxygens (including phenoxy) is 3. The molecule has 0 radical (unpaired) electrons. The van der Waals surface area contributed by atoms with Gasteiger partial charge < -0.3 is 24.1 Å². The number of anilines is 1. The van der Waals surface area contributed by atoms with Gasteiger partial charge in [-0.25, -0.2) is 4.79 Å². The van der Waals surface area contributed by atoms with Crippen LogP contribution in [-0.2, 0) is 9.53 Å². The van der Waals surface area contributed by atoms with E-state index in [1.54, 1.807) is 13.8 Å². The van der Waals surface area contributed by atoms with Gasteiger partial charge in [-0.3, -0.25) is 4.79 Å². The Labute approximate surface area is 149 Å². The molecular formula is C16H17ClN2O6. The Hall–Kier alpha value is -2.74. The summed E-state index contributed by atoms with van der Waals surface area (Å²) in [5.74, 6) is -0.205. The smallest absolute Gasteiger partial charge is 0.344 e. The summed E-state index contributed by atoms with van der Waals surface area (Å²) >= 11 is 6.00. The van der Waals surface area contributed by atoms with E-state index < -0.39 is 18.5 Å². The summed E-state index contributed by atoms with van der Waals surface area (Å²) in [5, 5.41) is 6.57. The van der Waals surface area contributed by atoms with E-state index in [0.717, 1.165) is 0 Å². The van der Waals surface area contributed by atoms with E-state index >= 15 is 0 Å². The first-order chi connectivity index (χ1) is 11.9. The van der Waals surface area contributed by atoms with Crippen LogP contribution < -0.4 is 14.8 Å². The highest BCUT2D eigenvalue weighted by Crippen LogP contribution is 2.35. The molecule has 8 nitrogen and oxygen atoms in total. The van der Waals surface area contributed by atoms with E-state index in [4.69, 9.17) is 30.3 Å². The quantitative estimate of drug-likeness (QED) is 0.782. The number of hydrogen-bond donors (Lipinski definition) is 1. The predicted octanol–water partition coefficient (Wildman–Crippen LogP) is 2.76. The van der Waals surface area contributed by atoms with Gasteiger partial charge in [0.1, 0.15) is 22.8 Å². The third-order valence-corrected chi connectivity index (χ3v) is 3.62. The molecule has 0 saturated carbocycles. The largest absolute Gasteiger partial charge is 0.495 e. The van der Waals surface area contributed by atoms with Crippen molar-refractivity contribution in [2.75, 3.05) is 26.1 Å². The van der Waals surface area contributed by atoms with Crippen molar-refractivity contribution in [1.29, 1.82) is 0 Å². The zero-order valence-corrected chi connectivity index (χ0v) is 14.9. The molecule has 1 aromatic carbocycles. The number of carbonyl (C=O) groups is 2. The first-order valence-corrected chi connectivity index (χ1v) is 7.56. The summed E-state index contributed by atoms with van der Waals surface area (Å²) in [6.45, 7) is 2.70. The van der Waals surface area contributed by atoms with Crippen molar-refractivity contribution in [2.45, 2.75) is 13.8 Å². The molecule has 25 heavy (non-hydrogen) atoms. The van der Waals surface area contributed by atoms with Crippen LogP contribution in [0.1, 0.15) is 21.8 Å². The lowest BCUT2D eigenvalue weighted by Gasteiger charge is -2.13. The number of aryl methyl sites for hydroxylation is 2. The Morgan fingerprint density at radius 3 is 2.44 bits per heavy atom. The molecule has 0 aliphatic carbocycles. The number of amides is 1. The third-order valence-electron chi connectivity index (χ3n) is 3.32. The minimum absolute atomic E-state index is 0.207. The fraction of sp³-hybridized carbons (Fsp3) is 0.312. The standard InChI is InChI=1S/C16H17ClN2O6/c1-8-15(9(2)25-19-8)16(21)24-7-14(20)18-11-6-12(22-3)10(17)5-13(11)23-4/h5-6H,7H2,1-4H3,(H,18,20). The molecular weight excluding hydrogens is 352 g/mol. The van der Waals surface area contributed by atoms with Crippen LogP contribution >= 0.6 is 11.6 Å². The van der Waals surface area contributed by atoms with Crippen LogP contribution in [0, 0.1) is 13.8 Å². The van der Waals surface area contributed by atoms with Gasteiger partial charge in [-0.1, -0.05) is 16.8 Å². The average Bonchev–Trinajstić information content (AvgIpc) is 2.92. The zero-order valence-electron chi connectivity index (χ0n) is 14.1. The minimum atomic E-state index is -0.688. The molecule has 0 aliphatic rings. The molecule has 1 aromatic heterocycles. The molecule has 0 spiro atoms. The minimum Gasteiger partial charge on any atom is -0.495 e. The Morgan fingerprint density at radius 2 is 1.88 bits per heavy atom. The lowest BCUT2D eigenvalue weighted by Crippen LogP contribution is -2.21. The number of nitrogens with one attached hydrogen (secondary N) is 1. The van der Waals surface area contributed by atoms with E-state index in [-0.39, 0.29) is 5.56 Å². The van der Waals surface area contributed by atoms with Gasteiger partial charge in [0.05, 0.1) is 30.6 Å². The Balaban J connectivity index is 2.04. The van der Waals surface area contributed by atoms with E-state index in [1.807, 2.05) is 0 Å². The molecule has 134 valence electrons. The maximum Gasteiger partial charge on any atom is 0.344 e. The van der Waals surface area contributed by atoms with Crippen molar-refractivity contribution >= 4 is 29.2 Å². The number of nitrogens with zero attached hydrogens (tertiary/aromatic N) is 1. The van der Waals surface area contributed by atoms with Gasteiger partial charge in [-0.2, -0.15) is 0 Å². The number of halogens is 1. The molecule has 1 amide bonds. The highest BCUT2D eigenvalue weighted by atomic mass is 35.5. The van der Waals surface area contributed by atoms with Crippen molar-refractivity contribution in [3.05, 3.63) is 34.2 Å². The number of carbonyl (C=O) groups excluding carboxylic acids is 2. The van der Waals surface area contributed by atoms with Gasteiger partial charge in [0.2, 0.25) is 0 Å². The van der Waals surface area contributed by atoms with Gasteiger partial charge in [0, 0.05) is 12.1 Å². The lowest BCUT2D eigenvalue weighted by molar-refractivity contribution is -0.119. The van der Waals surface area contributed by atoms with Gasteiger partial charge in [-0.15, -0.1) is 0 Å². The molecule has 0 unspecified atom stereocenters. The molecule has 0 aliphatic heterocycles. The second-order valence-electron chi connectivity index (χ2n) is 5.01. The normalized spacial score (nSPS) is 10.3. The van der Waals surface area contributed by atoms with Crippen LogP contribution in [0.25, 0.3) is 0 Å². The fourth-order valence-corrected chi connectivity index (χ4v) is 2.35. The van der Waals surface area contributed by atoms with Crippen LogP contribution in [0.2, 0.25) is 5.02 Å². The first kappa shape index (κ1) is 18.6. The van der Waals surface area contributed by atoms with Crippen molar-refractivity contribution in [2.24, 2.45) is 0 Å². The second-order valence-corrected chi connectivity index (χ2v) is 5.42. The molecule has 1 heterocycles. The lowest BCUT2D eigenvalue weighted by atomic mass is 10.2. The maximum atomic E-state index is 12.1. The van der Waals surface area contributed by atoms with Gasteiger partial charge in [0.15, 0.2) is 6.61 Å². The summed E-state index contributed by atoms with van der Waals surface area (Å²) in [4.78, 5) is 24.1. The highest BCUT2D eigenvalue weighted by Gasteiger charge is 2.20. The number of aromatic nitrogens is 1. The maximum absolute atomic E-state index is 12.1. The average molecular weight is 369 g/mol. The van der Waals surface area contributed by atoms with Gasteiger partial charge in [0.25, 0.3) is 5.91 Å². The van der Waals surface area contributed by atoms with Crippen LogP contribution in [0.3, 0.4) is 0 Å². The van der Waals surface area contributed by atoms with Crippen molar-refractivity contribution in [1.82, 2.24) is 5.16 Å². The summed E-state index contributed by atoms with van der Waals surface area (Å²) in [6, 6.07) is 3.01. The highest BCUT2D eigenvalue weighted by molar-refractivity contribution is 6.32. The Kier molecular flexibility index (Phi) is 5.87. The molecule has 0 saturated heterocycles. The van der Waals surface area contributed by atoms with Gasteiger partial charge >= 0.3 is 5.97 Å². The number of methoxy groups -OCH3 is 2. The van der Waals surface area contributed by atoms with Crippen LogP contribution in [0.15, 0.2) is 16.7 Å². The SMILES string of the molecule is COc1cc(NC(=O)COC(=O)c2c(C)noc2C)c(OC)cc1Cl. The van der Waals surface area contributed by atoms with Gasteiger partial charge in [-0.05, 0) is 13.8 Å². The summed E-state index contributed by atoms with van der Waals surface area (Å²) < 4.78 is 20.1. The van der Waals surface area contributed by atoms with Crippen molar-refractivity contribution in [3.8, 4) is 11.5 Å². The summed E-state index contributed by atoms with van der Waals surface area (Å²) in [5.41, 5.74) is 0.938. The van der Waals surface area contributed by atoms with Crippen LogP contribution in [0.5, 0.6) is 11.5 Å². The topological polar surface area (TPSA) is 99.9 Å². The van der Waals surface area contributed by atoms with E-state index in [2.05, 4.69) is 10.5 Å².